The number of amides is 1. The molecule has 1 aliphatic carbocycles. The normalized spacial score (nSPS) is 22.4. The maximum Gasteiger partial charge on any atom is 0.247 e. The van der Waals surface area contributed by atoms with E-state index in [1.54, 1.807) is 0 Å². The first-order valence-electron chi connectivity index (χ1n) is 6.22. The maximum atomic E-state index is 11.4. The number of nitrogens with zero attached hydrogens (tertiary/aromatic N) is 1. The summed E-state index contributed by atoms with van der Waals surface area (Å²) < 4.78 is 0. The number of carbonyl (C=O) groups is 1. The van der Waals surface area contributed by atoms with E-state index in [1.807, 2.05) is 6.07 Å². The highest BCUT2D eigenvalue weighted by Crippen LogP contribution is 2.42. The van der Waals surface area contributed by atoms with Gasteiger partial charge in [-0.2, -0.15) is 0 Å². The number of nitrogens with one attached hydrogen (secondary N) is 1. The van der Waals surface area contributed by atoms with Crippen LogP contribution in [0.4, 0.5) is 0 Å². The van der Waals surface area contributed by atoms with Gasteiger partial charge >= 0.3 is 0 Å². The van der Waals surface area contributed by atoms with Crippen LogP contribution in [0, 0.1) is 0 Å². The molecule has 1 heterocycles. The van der Waals surface area contributed by atoms with Crippen molar-refractivity contribution in [3.05, 3.63) is 35.9 Å². The third-order valence-corrected chi connectivity index (χ3v) is 3.88. The summed E-state index contributed by atoms with van der Waals surface area (Å²) in [6, 6.07) is 10.5. The predicted octanol–water partition coefficient (Wildman–Crippen LogP) is 2.03. The summed E-state index contributed by atoms with van der Waals surface area (Å²) in [6.07, 6.45) is 4.61. The zero-order chi connectivity index (χ0) is 11.7. The van der Waals surface area contributed by atoms with Gasteiger partial charge in [-0.25, -0.2) is 0 Å². The Morgan fingerprint density at radius 1 is 1.12 bits per heavy atom. The van der Waals surface area contributed by atoms with Gasteiger partial charge in [0.15, 0.2) is 0 Å². The van der Waals surface area contributed by atoms with Gasteiger partial charge in [0, 0.05) is 0 Å². The molecule has 1 aliphatic heterocycles. The lowest BCUT2D eigenvalue weighted by atomic mass is 9.77. The molecule has 88 valence electrons. The first-order chi connectivity index (χ1) is 8.31. The quantitative estimate of drug-likeness (QED) is 0.826. The molecule has 3 nitrogen and oxygen atoms in total. The lowest BCUT2D eigenvalue weighted by Gasteiger charge is -2.29. The summed E-state index contributed by atoms with van der Waals surface area (Å²) >= 11 is 0. The zero-order valence-corrected chi connectivity index (χ0v) is 9.78. The monoisotopic (exact) mass is 228 g/mol. The minimum atomic E-state index is -0.0343. The summed E-state index contributed by atoms with van der Waals surface area (Å²) in [7, 11) is 0. The Bertz CT molecular complexity index is 458. The van der Waals surface area contributed by atoms with Gasteiger partial charge in [-0.1, -0.05) is 43.2 Å². The third kappa shape index (κ3) is 1.66. The van der Waals surface area contributed by atoms with Crippen LogP contribution in [-0.4, -0.2) is 18.3 Å². The summed E-state index contributed by atoms with van der Waals surface area (Å²) in [5.41, 5.74) is 1.26. The molecule has 2 aliphatic rings. The second kappa shape index (κ2) is 3.99. The van der Waals surface area contributed by atoms with Crippen LogP contribution in [0.5, 0.6) is 0 Å². The van der Waals surface area contributed by atoms with Crippen molar-refractivity contribution in [1.82, 2.24) is 5.32 Å². The minimum Gasteiger partial charge on any atom is -0.312 e. The van der Waals surface area contributed by atoms with Crippen molar-refractivity contribution >= 4 is 11.7 Å². The van der Waals surface area contributed by atoms with Crippen LogP contribution in [0.3, 0.4) is 0 Å². The van der Waals surface area contributed by atoms with E-state index >= 15 is 0 Å². The molecule has 1 fully saturated rings. The molecule has 3 heteroatoms. The van der Waals surface area contributed by atoms with Crippen molar-refractivity contribution in [2.45, 2.75) is 31.1 Å². The molecule has 17 heavy (non-hydrogen) atoms. The molecule has 0 unspecified atom stereocenters. The first kappa shape index (κ1) is 10.5. The Balaban J connectivity index is 2.02. The second-order valence-corrected chi connectivity index (χ2v) is 4.87. The minimum absolute atomic E-state index is 0.0298. The van der Waals surface area contributed by atoms with Crippen LogP contribution in [0.15, 0.2) is 35.3 Å². The van der Waals surface area contributed by atoms with E-state index < -0.39 is 0 Å². The number of aliphatic imine (C=N–C) groups is 1. The van der Waals surface area contributed by atoms with Crippen molar-refractivity contribution < 1.29 is 4.79 Å². The Hall–Kier alpha value is -1.64. The average molecular weight is 228 g/mol. The number of rotatable bonds is 2. The van der Waals surface area contributed by atoms with E-state index in [9.17, 15) is 4.79 Å². The zero-order valence-electron chi connectivity index (χ0n) is 9.78. The SMILES string of the molecule is O=C1CN=C(C2(c3ccccc3)CCCC2)N1. The van der Waals surface area contributed by atoms with Crippen LogP contribution in [0.25, 0.3) is 0 Å². The summed E-state index contributed by atoms with van der Waals surface area (Å²) in [5, 5.41) is 2.95. The number of carbonyl (C=O) groups excluding carboxylic acids is 1. The predicted molar refractivity (Wildman–Crippen MR) is 67.0 cm³/mol. The standard InChI is InChI=1S/C14H16N2O/c17-12-10-15-13(16-12)14(8-4-5-9-14)11-6-2-1-3-7-11/h1-3,6-7H,4-5,8-10H2,(H,15,16,17). The maximum absolute atomic E-state index is 11.4. The fourth-order valence-electron chi connectivity index (χ4n) is 3.03. The van der Waals surface area contributed by atoms with Crippen LogP contribution >= 0.6 is 0 Å². The highest BCUT2D eigenvalue weighted by atomic mass is 16.2. The number of benzene rings is 1. The highest BCUT2D eigenvalue weighted by Gasteiger charge is 2.42. The molecule has 1 aromatic rings. The van der Waals surface area contributed by atoms with Crippen LogP contribution in [0.1, 0.15) is 31.2 Å². The molecule has 0 radical (unpaired) electrons. The van der Waals surface area contributed by atoms with Gasteiger partial charge in [-0.05, 0) is 18.4 Å². The average Bonchev–Trinajstić information content (AvgIpc) is 2.99. The number of hydrogen-bond acceptors (Lipinski definition) is 2. The smallest absolute Gasteiger partial charge is 0.247 e. The van der Waals surface area contributed by atoms with Crippen molar-refractivity contribution in [1.29, 1.82) is 0 Å². The van der Waals surface area contributed by atoms with E-state index in [0.29, 0.717) is 6.54 Å². The van der Waals surface area contributed by atoms with Crippen LogP contribution in [-0.2, 0) is 10.2 Å². The molecule has 0 atom stereocenters. The van der Waals surface area contributed by atoms with Gasteiger partial charge < -0.3 is 5.32 Å². The van der Waals surface area contributed by atoms with E-state index in [2.05, 4.69) is 34.6 Å². The summed E-state index contributed by atoms with van der Waals surface area (Å²) in [4.78, 5) is 15.8. The van der Waals surface area contributed by atoms with Gasteiger partial charge in [-0.3, -0.25) is 9.79 Å². The van der Waals surface area contributed by atoms with Gasteiger partial charge in [-0.15, -0.1) is 0 Å². The van der Waals surface area contributed by atoms with Crippen molar-refractivity contribution in [2.75, 3.05) is 6.54 Å². The van der Waals surface area contributed by atoms with Gasteiger partial charge in [0.05, 0.1) is 5.41 Å². The molecule has 1 N–H and O–H groups in total. The highest BCUT2D eigenvalue weighted by molar-refractivity contribution is 6.09. The van der Waals surface area contributed by atoms with Crippen molar-refractivity contribution in [3.8, 4) is 0 Å². The molecule has 0 bridgehead atoms. The number of amidine groups is 1. The van der Waals surface area contributed by atoms with Crippen LogP contribution < -0.4 is 5.32 Å². The van der Waals surface area contributed by atoms with E-state index in [4.69, 9.17) is 0 Å². The van der Waals surface area contributed by atoms with Gasteiger partial charge in [0.1, 0.15) is 12.4 Å². The van der Waals surface area contributed by atoms with E-state index in [0.717, 1.165) is 18.7 Å². The van der Waals surface area contributed by atoms with Crippen LogP contribution in [0.2, 0.25) is 0 Å². The second-order valence-electron chi connectivity index (χ2n) is 4.87. The fourth-order valence-corrected chi connectivity index (χ4v) is 3.03. The third-order valence-electron chi connectivity index (χ3n) is 3.88. The molecule has 0 spiro atoms. The molecule has 0 saturated heterocycles. The molecule has 1 amide bonds. The molecule has 1 aromatic carbocycles. The lowest BCUT2D eigenvalue weighted by molar-refractivity contribution is -0.117. The largest absolute Gasteiger partial charge is 0.312 e. The Kier molecular flexibility index (Phi) is 2.46. The Morgan fingerprint density at radius 2 is 1.82 bits per heavy atom. The van der Waals surface area contributed by atoms with Crippen molar-refractivity contribution in [3.63, 3.8) is 0 Å². The molecular weight excluding hydrogens is 212 g/mol. The fraction of sp³-hybridized carbons (Fsp3) is 0.429. The molecule has 3 rings (SSSR count). The van der Waals surface area contributed by atoms with Gasteiger partial charge in [0.25, 0.3) is 0 Å². The summed E-state index contributed by atoms with van der Waals surface area (Å²) in [6.45, 7) is 0.296. The van der Waals surface area contributed by atoms with Crippen molar-refractivity contribution in [2.24, 2.45) is 4.99 Å². The molecule has 1 saturated carbocycles. The Labute approximate surface area is 101 Å². The van der Waals surface area contributed by atoms with E-state index in [-0.39, 0.29) is 11.3 Å². The number of hydrogen-bond donors (Lipinski definition) is 1. The van der Waals surface area contributed by atoms with Gasteiger partial charge in [0.2, 0.25) is 5.91 Å². The topological polar surface area (TPSA) is 41.5 Å². The van der Waals surface area contributed by atoms with E-state index in [1.165, 1.54) is 18.4 Å². The summed E-state index contributed by atoms with van der Waals surface area (Å²) in [5.74, 6) is 0.924. The molecule has 0 aromatic heterocycles. The lowest BCUT2D eigenvalue weighted by Crippen LogP contribution is -2.41. The molecular formula is C14H16N2O. The Morgan fingerprint density at radius 3 is 2.41 bits per heavy atom. The first-order valence-corrected chi connectivity index (χ1v) is 6.22.